The second kappa shape index (κ2) is 14.8. The third-order valence-electron chi connectivity index (χ3n) is 2.15. The Balaban J connectivity index is 0. The molecule has 0 aromatic heterocycles. The fourth-order valence-corrected chi connectivity index (χ4v) is 1.79. The van der Waals surface area contributed by atoms with Crippen LogP contribution in [-0.4, -0.2) is 21.1 Å². The molecule has 0 spiro atoms. The largest absolute Gasteiger partial charge is 0.281 e. The molecular weight excluding hydrogens is 378 g/mol. The number of unbranched alkanes of at least 4 members (excludes halogenated alkanes) is 1. The lowest BCUT2D eigenvalue weighted by Crippen LogP contribution is -2.03. The van der Waals surface area contributed by atoms with Gasteiger partial charge in [-0.15, -0.1) is 0 Å². The van der Waals surface area contributed by atoms with Crippen molar-refractivity contribution in [3.63, 3.8) is 0 Å². The van der Waals surface area contributed by atoms with E-state index in [2.05, 4.69) is 15.9 Å². The van der Waals surface area contributed by atoms with Gasteiger partial charge >= 0.3 is 0 Å². The number of alkyl halides is 1. The lowest BCUT2D eigenvalue weighted by atomic mass is 10.1. The van der Waals surface area contributed by atoms with Crippen molar-refractivity contribution in [3.8, 4) is 0 Å². The van der Waals surface area contributed by atoms with Crippen LogP contribution in [0.25, 0.3) is 0 Å². The predicted octanol–water partition coefficient (Wildman–Crippen LogP) is 4.64. The quantitative estimate of drug-likeness (QED) is 0.324. The average molecular weight is 397 g/mol. The molecule has 3 nitrogen and oxygen atoms in total. The van der Waals surface area contributed by atoms with Gasteiger partial charge in [0.2, 0.25) is 15.7 Å². The maximum Gasteiger partial charge on any atom is 0.224 e. The molecule has 0 aliphatic heterocycles. The van der Waals surface area contributed by atoms with Gasteiger partial charge in [0.15, 0.2) is 0 Å². The summed E-state index contributed by atoms with van der Waals surface area (Å²) in [6.45, 7) is 1.73. The van der Waals surface area contributed by atoms with Crippen LogP contribution in [0.5, 0.6) is 0 Å². The Labute approximate surface area is 137 Å². The Morgan fingerprint density at radius 1 is 0.947 bits per heavy atom. The highest BCUT2D eigenvalue weighted by molar-refractivity contribution is 9.09. The highest BCUT2D eigenvalue weighted by Gasteiger charge is 2.09. The first-order valence-electron chi connectivity index (χ1n) is 5.93. The van der Waals surface area contributed by atoms with Gasteiger partial charge in [-0.1, -0.05) is 22.9 Å². The molecule has 0 amide bonds. The zero-order valence-corrected chi connectivity index (χ0v) is 14.6. The van der Waals surface area contributed by atoms with Gasteiger partial charge in [-0.25, -0.2) is 0 Å². The molecule has 0 saturated carbocycles. The monoisotopic (exact) mass is 394 g/mol. The van der Waals surface area contributed by atoms with Crippen LogP contribution in [0, 0.1) is 5.92 Å². The SMILES string of the molecule is CC(CCCC(=O)Cl)C(=O)Cl.O=C(Cl)CCCCBr. The van der Waals surface area contributed by atoms with Gasteiger partial charge in [0.1, 0.15) is 0 Å². The average Bonchev–Trinajstić information content (AvgIpc) is 2.29. The third kappa shape index (κ3) is 20.8. The topological polar surface area (TPSA) is 51.2 Å². The van der Waals surface area contributed by atoms with Crippen molar-refractivity contribution >= 4 is 66.5 Å². The molecule has 0 bridgehead atoms. The number of carbonyl (C=O) groups is 3. The zero-order chi connectivity index (χ0) is 15.3. The summed E-state index contributed by atoms with van der Waals surface area (Å²) in [6.07, 6.45) is 4.00. The van der Waals surface area contributed by atoms with Gasteiger partial charge in [0.05, 0.1) is 0 Å². The van der Waals surface area contributed by atoms with Crippen LogP contribution in [0.4, 0.5) is 0 Å². The Morgan fingerprint density at radius 2 is 1.42 bits per heavy atom. The van der Waals surface area contributed by atoms with Crippen molar-refractivity contribution < 1.29 is 14.4 Å². The van der Waals surface area contributed by atoms with Gasteiger partial charge in [0.25, 0.3) is 0 Å². The van der Waals surface area contributed by atoms with Gasteiger partial charge < -0.3 is 0 Å². The van der Waals surface area contributed by atoms with Crippen LogP contribution in [0.1, 0.15) is 45.4 Å². The molecule has 19 heavy (non-hydrogen) atoms. The summed E-state index contributed by atoms with van der Waals surface area (Å²) in [5, 5.41) is 0.00848. The first kappa shape index (κ1) is 21.7. The molecule has 0 aliphatic carbocycles. The number of carbonyl (C=O) groups excluding carboxylic acids is 3. The molecule has 0 fully saturated rings. The Hall–Kier alpha value is 0.360. The molecule has 0 aliphatic rings. The van der Waals surface area contributed by atoms with Crippen molar-refractivity contribution in [2.45, 2.75) is 45.4 Å². The van der Waals surface area contributed by atoms with Gasteiger partial charge in [-0.2, -0.15) is 0 Å². The molecule has 0 saturated heterocycles. The van der Waals surface area contributed by atoms with Gasteiger partial charge in [0, 0.05) is 24.1 Å². The number of hydrogen-bond acceptors (Lipinski definition) is 3. The molecule has 0 radical (unpaired) electrons. The van der Waals surface area contributed by atoms with E-state index in [1.165, 1.54) is 0 Å². The molecule has 7 heteroatoms. The summed E-state index contributed by atoms with van der Waals surface area (Å²) in [5.41, 5.74) is 0. The van der Waals surface area contributed by atoms with Crippen LogP contribution in [0.2, 0.25) is 0 Å². The van der Waals surface area contributed by atoms with E-state index in [1.807, 2.05) is 0 Å². The predicted molar refractivity (Wildman–Crippen MR) is 83.2 cm³/mol. The first-order valence-corrected chi connectivity index (χ1v) is 8.18. The van der Waals surface area contributed by atoms with Crippen molar-refractivity contribution in [2.75, 3.05) is 5.33 Å². The minimum absolute atomic E-state index is 0.173. The summed E-state index contributed by atoms with van der Waals surface area (Å²) >= 11 is 18.6. The Morgan fingerprint density at radius 3 is 1.79 bits per heavy atom. The van der Waals surface area contributed by atoms with E-state index in [1.54, 1.807) is 6.92 Å². The molecule has 1 atom stereocenters. The molecule has 0 N–H and O–H groups in total. The van der Waals surface area contributed by atoms with Crippen LogP contribution in [-0.2, 0) is 14.4 Å². The normalized spacial score (nSPS) is 11.2. The third-order valence-corrected chi connectivity index (χ3v) is 3.47. The van der Waals surface area contributed by atoms with Crippen LogP contribution >= 0.6 is 50.7 Å². The van der Waals surface area contributed by atoms with E-state index in [0.29, 0.717) is 25.7 Å². The lowest BCUT2D eigenvalue weighted by molar-refractivity contribution is -0.115. The fourth-order valence-electron chi connectivity index (χ4n) is 1.02. The van der Waals surface area contributed by atoms with E-state index in [9.17, 15) is 14.4 Å². The molecule has 0 rings (SSSR count). The second-order valence-electron chi connectivity index (χ2n) is 3.95. The maximum absolute atomic E-state index is 10.5. The van der Waals surface area contributed by atoms with Crippen molar-refractivity contribution in [3.05, 3.63) is 0 Å². The van der Waals surface area contributed by atoms with E-state index >= 15 is 0 Å². The molecule has 0 aromatic rings. The Bertz CT molecular complexity index is 285. The Kier molecular flexibility index (Phi) is 16.8. The molecule has 0 aromatic carbocycles. The van der Waals surface area contributed by atoms with Crippen molar-refractivity contribution in [2.24, 2.45) is 5.92 Å². The molecular formula is C12H18BrCl3O3. The molecule has 0 heterocycles. The number of halogens is 4. The first-order chi connectivity index (χ1) is 8.81. The van der Waals surface area contributed by atoms with Crippen molar-refractivity contribution in [1.82, 2.24) is 0 Å². The van der Waals surface area contributed by atoms with E-state index < -0.39 is 0 Å². The maximum atomic E-state index is 10.5. The van der Waals surface area contributed by atoms with E-state index in [4.69, 9.17) is 34.8 Å². The summed E-state index contributed by atoms with van der Waals surface area (Å²) in [7, 11) is 0. The zero-order valence-electron chi connectivity index (χ0n) is 10.8. The van der Waals surface area contributed by atoms with E-state index in [0.717, 1.165) is 18.2 Å². The molecule has 1 unspecified atom stereocenters. The summed E-state index contributed by atoms with van der Waals surface area (Å²) < 4.78 is 0. The van der Waals surface area contributed by atoms with Crippen LogP contribution < -0.4 is 0 Å². The highest BCUT2D eigenvalue weighted by Crippen LogP contribution is 2.11. The number of hydrogen-bond donors (Lipinski definition) is 0. The summed E-state index contributed by atoms with van der Waals surface area (Å²) in [6, 6.07) is 0. The van der Waals surface area contributed by atoms with E-state index in [-0.39, 0.29) is 21.6 Å². The summed E-state index contributed by atoms with van der Waals surface area (Å²) in [5.74, 6) is -0.173. The van der Waals surface area contributed by atoms with Gasteiger partial charge in [-0.3, -0.25) is 14.4 Å². The number of rotatable bonds is 9. The van der Waals surface area contributed by atoms with Crippen LogP contribution in [0.15, 0.2) is 0 Å². The minimum Gasteiger partial charge on any atom is -0.281 e. The highest BCUT2D eigenvalue weighted by atomic mass is 79.9. The second-order valence-corrected chi connectivity index (χ2v) is 5.96. The summed E-state index contributed by atoms with van der Waals surface area (Å²) in [4.78, 5) is 30.8. The molecule has 112 valence electrons. The fraction of sp³-hybridized carbons (Fsp3) is 0.750. The smallest absolute Gasteiger partial charge is 0.224 e. The standard InChI is InChI=1S/C7H10Cl2O2.C5H8BrClO/c1-5(7(9)11)3-2-4-6(8)10;6-4-2-1-3-5(7)8/h5H,2-4H2,1H3;1-4H2. The van der Waals surface area contributed by atoms with Gasteiger partial charge in [-0.05, 0) is 60.5 Å². The minimum atomic E-state index is -0.362. The van der Waals surface area contributed by atoms with Crippen LogP contribution in [0.3, 0.4) is 0 Å². The lowest BCUT2D eigenvalue weighted by Gasteiger charge is -2.02. The van der Waals surface area contributed by atoms with Crippen molar-refractivity contribution in [1.29, 1.82) is 0 Å².